The fourth-order valence-corrected chi connectivity index (χ4v) is 4.73. The van der Waals surface area contributed by atoms with Gasteiger partial charge in [-0.3, -0.25) is 9.69 Å². The van der Waals surface area contributed by atoms with Crippen molar-refractivity contribution in [3.05, 3.63) is 83.7 Å². The topological polar surface area (TPSA) is 71.8 Å². The van der Waals surface area contributed by atoms with Crippen LogP contribution in [0.15, 0.2) is 66.7 Å². The first-order chi connectivity index (χ1) is 18.2. The Labute approximate surface area is 218 Å². The first-order valence-electron chi connectivity index (χ1n) is 13.4. The summed E-state index contributed by atoms with van der Waals surface area (Å²) >= 11 is 0. The molecule has 1 fully saturated rings. The van der Waals surface area contributed by atoms with Crippen molar-refractivity contribution in [2.75, 3.05) is 32.8 Å². The zero-order chi connectivity index (χ0) is 25.5. The normalized spacial score (nSPS) is 13.8. The molecule has 4 aromatic rings. The molecule has 37 heavy (non-hydrogen) atoms. The Morgan fingerprint density at radius 3 is 2.65 bits per heavy atom. The van der Waals surface area contributed by atoms with Gasteiger partial charge in [-0.15, -0.1) is 0 Å². The monoisotopic (exact) mass is 497 g/mol. The summed E-state index contributed by atoms with van der Waals surface area (Å²) in [5.41, 5.74) is 4.40. The fraction of sp³-hybridized carbons (Fsp3) is 0.367. The minimum atomic E-state index is -0.0507. The number of ether oxygens (including phenoxy) is 1. The van der Waals surface area contributed by atoms with Crippen LogP contribution in [0.4, 0.5) is 0 Å². The number of pyridine rings is 1. The average molecular weight is 498 g/mol. The van der Waals surface area contributed by atoms with E-state index in [1.807, 2.05) is 59.1 Å². The number of unbranched alkanes of at least 4 members (excludes halogenated alkanes) is 1. The standard InChI is InChI=1S/C30H35N5O2/c1-2-3-16-31-30(36)25-9-6-8-24(22-25)27-10-7-11-29-32-28(33-35(27)29)21-23-12-14-26(15-13-23)37-20-19-34-17-4-5-18-34/h6-15,22H,2-5,16-21H2,1H3,(H,31,36). The van der Waals surface area contributed by atoms with Gasteiger partial charge in [-0.05, 0) is 74.3 Å². The van der Waals surface area contributed by atoms with Crippen molar-refractivity contribution in [3.8, 4) is 17.0 Å². The van der Waals surface area contributed by atoms with E-state index >= 15 is 0 Å². The van der Waals surface area contributed by atoms with Crippen LogP contribution in [0, 0.1) is 0 Å². The van der Waals surface area contributed by atoms with Crippen molar-refractivity contribution in [2.24, 2.45) is 0 Å². The molecular formula is C30H35N5O2. The highest BCUT2D eigenvalue weighted by Crippen LogP contribution is 2.22. The Morgan fingerprint density at radius 1 is 1.03 bits per heavy atom. The number of rotatable bonds is 11. The summed E-state index contributed by atoms with van der Waals surface area (Å²) in [6, 6.07) is 21.8. The molecule has 0 aliphatic carbocycles. The first kappa shape index (κ1) is 25.0. The van der Waals surface area contributed by atoms with Gasteiger partial charge in [0, 0.05) is 30.6 Å². The molecule has 0 spiro atoms. The van der Waals surface area contributed by atoms with Gasteiger partial charge in [0.15, 0.2) is 11.5 Å². The molecule has 1 N–H and O–H groups in total. The smallest absolute Gasteiger partial charge is 0.251 e. The zero-order valence-corrected chi connectivity index (χ0v) is 21.5. The number of amides is 1. The van der Waals surface area contributed by atoms with Crippen molar-refractivity contribution in [1.29, 1.82) is 0 Å². The number of hydrogen-bond acceptors (Lipinski definition) is 5. The highest BCUT2D eigenvalue weighted by molar-refractivity contribution is 5.95. The Balaban J connectivity index is 1.26. The number of hydrogen-bond donors (Lipinski definition) is 1. The highest BCUT2D eigenvalue weighted by Gasteiger charge is 2.13. The molecule has 192 valence electrons. The molecule has 0 radical (unpaired) electrons. The van der Waals surface area contributed by atoms with E-state index in [9.17, 15) is 4.79 Å². The number of nitrogens with one attached hydrogen (secondary N) is 1. The van der Waals surface area contributed by atoms with Gasteiger partial charge in [0.25, 0.3) is 5.91 Å². The van der Waals surface area contributed by atoms with E-state index in [4.69, 9.17) is 14.8 Å². The minimum Gasteiger partial charge on any atom is -0.492 e. The number of carbonyl (C=O) groups excluding carboxylic acids is 1. The summed E-state index contributed by atoms with van der Waals surface area (Å²) in [4.78, 5) is 19.8. The SMILES string of the molecule is CCCCNC(=O)c1cccc(-c2cccc3nc(Cc4ccc(OCCN5CCCC5)cc4)nn23)c1. The molecule has 3 heterocycles. The molecule has 7 heteroatoms. The van der Waals surface area contributed by atoms with E-state index in [2.05, 4.69) is 29.3 Å². The lowest BCUT2D eigenvalue weighted by Gasteiger charge is -2.14. The lowest BCUT2D eigenvalue weighted by Crippen LogP contribution is -2.25. The van der Waals surface area contributed by atoms with Crippen LogP contribution in [0.5, 0.6) is 5.75 Å². The third-order valence-corrected chi connectivity index (χ3v) is 6.80. The van der Waals surface area contributed by atoms with E-state index in [0.29, 0.717) is 18.5 Å². The Kier molecular flexibility index (Phi) is 8.11. The molecule has 5 rings (SSSR count). The molecule has 7 nitrogen and oxygen atoms in total. The quantitative estimate of drug-likeness (QED) is 0.296. The number of carbonyl (C=O) groups is 1. The molecule has 2 aromatic heterocycles. The van der Waals surface area contributed by atoms with Gasteiger partial charge < -0.3 is 10.1 Å². The molecule has 2 aromatic carbocycles. The van der Waals surface area contributed by atoms with E-state index in [0.717, 1.165) is 60.0 Å². The molecular weight excluding hydrogens is 462 g/mol. The minimum absolute atomic E-state index is 0.0507. The molecule has 1 aliphatic rings. The number of likely N-dealkylation sites (tertiary alicyclic amines) is 1. The molecule has 1 amide bonds. The van der Waals surface area contributed by atoms with Crippen LogP contribution in [0.25, 0.3) is 16.9 Å². The van der Waals surface area contributed by atoms with Gasteiger partial charge in [0.1, 0.15) is 12.4 Å². The number of benzene rings is 2. The lowest BCUT2D eigenvalue weighted by molar-refractivity contribution is 0.0953. The first-order valence-corrected chi connectivity index (χ1v) is 13.4. The van der Waals surface area contributed by atoms with E-state index in [1.54, 1.807) is 0 Å². The average Bonchev–Trinajstić information content (AvgIpc) is 3.59. The van der Waals surface area contributed by atoms with E-state index in [1.165, 1.54) is 25.9 Å². The maximum atomic E-state index is 12.6. The Hall–Kier alpha value is -3.71. The maximum Gasteiger partial charge on any atom is 0.251 e. The number of fused-ring (bicyclic) bond motifs is 1. The van der Waals surface area contributed by atoms with Crippen LogP contribution in [-0.2, 0) is 6.42 Å². The molecule has 1 saturated heterocycles. The van der Waals surface area contributed by atoms with Gasteiger partial charge in [-0.2, -0.15) is 5.10 Å². The van der Waals surface area contributed by atoms with Crippen LogP contribution in [0.2, 0.25) is 0 Å². The van der Waals surface area contributed by atoms with Gasteiger partial charge in [-0.1, -0.05) is 43.7 Å². The van der Waals surface area contributed by atoms with Gasteiger partial charge in [0.2, 0.25) is 0 Å². The number of nitrogens with zero attached hydrogens (tertiary/aromatic N) is 4. The fourth-order valence-electron chi connectivity index (χ4n) is 4.73. The van der Waals surface area contributed by atoms with Crippen molar-refractivity contribution in [3.63, 3.8) is 0 Å². The molecule has 1 aliphatic heterocycles. The number of aromatic nitrogens is 3. The lowest BCUT2D eigenvalue weighted by atomic mass is 10.1. The second kappa shape index (κ2) is 12.0. The van der Waals surface area contributed by atoms with Crippen molar-refractivity contribution in [1.82, 2.24) is 24.8 Å². The second-order valence-electron chi connectivity index (χ2n) is 9.62. The van der Waals surface area contributed by atoms with Gasteiger partial charge >= 0.3 is 0 Å². The van der Waals surface area contributed by atoms with Gasteiger partial charge in [0.05, 0.1) is 5.69 Å². The summed E-state index contributed by atoms with van der Waals surface area (Å²) in [6.07, 6.45) is 5.26. The molecule has 0 unspecified atom stereocenters. The second-order valence-corrected chi connectivity index (χ2v) is 9.62. The molecule has 0 bridgehead atoms. The predicted molar refractivity (Wildman–Crippen MR) is 146 cm³/mol. The third kappa shape index (κ3) is 6.35. The van der Waals surface area contributed by atoms with Crippen LogP contribution in [0.3, 0.4) is 0 Å². The summed E-state index contributed by atoms with van der Waals surface area (Å²) in [6.45, 7) is 6.89. The van der Waals surface area contributed by atoms with Crippen LogP contribution in [0.1, 0.15) is 54.4 Å². The summed E-state index contributed by atoms with van der Waals surface area (Å²) < 4.78 is 7.79. The third-order valence-electron chi connectivity index (χ3n) is 6.80. The predicted octanol–water partition coefficient (Wildman–Crippen LogP) is 4.99. The Bertz CT molecular complexity index is 1330. The van der Waals surface area contributed by atoms with Crippen molar-refractivity contribution >= 4 is 11.6 Å². The molecule has 0 atom stereocenters. The van der Waals surface area contributed by atoms with E-state index in [-0.39, 0.29) is 5.91 Å². The van der Waals surface area contributed by atoms with Crippen LogP contribution in [-0.4, -0.2) is 58.2 Å². The molecule has 0 saturated carbocycles. The summed E-state index contributed by atoms with van der Waals surface area (Å²) in [7, 11) is 0. The zero-order valence-electron chi connectivity index (χ0n) is 21.5. The maximum absolute atomic E-state index is 12.6. The van der Waals surface area contributed by atoms with Gasteiger partial charge in [-0.25, -0.2) is 9.50 Å². The Morgan fingerprint density at radius 2 is 1.84 bits per heavy atom. The van der Waals surface area contributed by atoms with Crippen LogP contribution >= 0.6 is 0 Å². The summed E-state index contributed by atoms with van der Waals surface area (Å²) in [5.74, 6) is 1.60. The van der Waals surface area contributed by atoms with Crippen LogP contribution < -0.4 is 10.1 Å². The highest BCUT2D eigenvalue weighted by atomic mass is 16.5. The van der Waals surface area contributed by atoms with Crippen molar-refractivity contribution in [2.45, 2.75) is 39.0 Å². The largest absolute Gasteiger partial charge is 0.492 e. The van der Waals surface area contributed by atoms with Crippen molar-refractivity contribution < 1.29 is 9.53 Å². The van der Waals surface area contributed by atoms with E-state index < -0.39 is 0 Å². The summed E-state index contributed by atoms with van der Waals surface area (Å²) in [5, 5.41) is 7.79.